The zero-order valence-electron chi connectivity index (χ0n) is 9.07. The predicted octanol–water partition coefficient (Wildman–Crippen LogP) is 2.60. The second-order valence-corrected chi connectivity index (χ2v) is 4.66. The van der Waals surface area contributed by atoms with Crippen molar-refractivity contribution in [3.05, 3.63) is 35.8 Å². The molecule has 2 rings (SSSR count). The molecule has 2 N–H and O–H groups in total. The quantitative estimate of drug-likeness (QED) is 0.816. The van der Waals surface area contributed by atoms with Gasteiger partial charge in [0, 0.05) is 17.6 Å². The van der Waals surface area contributed by atoms with Gasteiger partial charge < -0.3 is 5.73 Å². The number of hydrogen-bond acceptors (Lipinski definition) is 3. The van der Waals surface area contributed by atoms with Crippen LogP contribution >= 0.6 is 11.8 Å². The van der Waals surface area contributed by atoms with Gasteiger partial charge in [-0.2, -0.15) is 5.10 Å². The maximum absolute atomic E-state index is 13.1. The standard InChI is InChI=1S/C11H12FN3S/c1-7-3-11(15(2)14-7)16-10-5-8(12)4-9(13)6-10/h3-6H,13H2,1-2H3. The molecular weight excluding hydrogens is 225 g/mol. The average molecular weight is 237 g/mol. The molecule has 0 saturated carbocycles. The lowest BCUT2D eigenvalue weighted by molar-refractivity contribution is 0.625. The van der Waals surface area contributed by atoms with Gasteiger partial charge in [0.05, 0.1) is 10.7 Å². The molecule has 2 aromatic rings. The fourth-order valence-electron chi connectivity index (χ4n) is 1.45. The highest BCUT2D eigenvalue weighted by Crippen LogP contribution is 2.29. The number of halogens is 1. The lowest BCUT2D eigenvalue weighted by Crippen LogP contribution is -1.93. The summed E-state index contributed by atoms with van der Waals surface area (Å²) < 4.78 is 14.9. The number of rotatable bonds is 2. The number of aromatic nitrogens is 2. The van der Waals surface area contributed by atoms with E-state index in [0.717, 1.165) is 15.6 Å². The average Bonchev–Trinajstić information content (AvgIpc) is 2.43. The van der Waals surface area contributed by atoms with Gasteiger partial charge in [0.1, 0.15) is 5.82 Å². The minimum Gasteiger partial charge on any atom is -0.399 e. The third-order valence-corrected chi connectivity index (χ3v) is 3.14. The second kappa shape index (κ2) is 4.17. The Bertz CT molecular complexity index is 502. The summed E-state index contributed by atoms with van der Waals surface area (Å²) in [5, 5.41) is 5.18. The van der Waals surface area contributed by atoms with E-state index in [2.05, 4.69) is 5.10 Å². The Balaban J connectivity index is 2.30. The number of nitrogens with two attached hydrogens (primary N) is 1. The monoisotopic (exact) mass is 237 g/mol. The highest BCUT2D eigenvalue weighted by Gasteiger charge is 2.06. The van der Waals surface area contributed by atoms with Gasteiger partial charge in [0.15, 0.2) is 0 Å². The van der Waals surface area contributed by atoms with Crippen LogP contribution in [-0.2, 0) is 7.05 Å². The number of benzene rings is 1. The van der Waals surface area contributed by atoms with Crippen LogP contribution in [0.25, 0.3) is 0 Å². The van der Waals surface area contributed by atoms with Crippen molar-refractivity contribution in [2.75, 3.05) is 5.73 Å². The number of hydrogen-bond donors (Lipinski definition) is 1. The molecule has 0 bridgehead atoms. The minimum absolute atomic E-state index is 0.318. The van der Waals surface area contributed by atoms with Gasteiger partial charge in [-0.05, 0) is 31.2 Å². The molecule has 3 nitrogen and oxygen atoms in total. The van der Waals surface area contributed by atoms with Crippen LogP contribution in [0.15, 0.2) is 34.2 Å². The zero-order valence-corrected chi connectivity index (χ0v) is 9.88. The highest BCUT2D eigenvalue weighted by molar-refractivity contribution is 7.99. The van der Waals surface area contributed by atoms with E-state index in [1.54, 1.807) is 10.7 Å². The van der Waals surface area contributed by atoms with Crippen molar-refractivity contribution in [2.45, 2.75) is 16.8 Å². The summed E-state index contributed by atoms with van der Waals surface area (Å²) in [4.78, 5) is 0.778. The lowest BCUT2D eigenvalue weighted by Gasteiger charge is -2.03. The molecule has 0 spiro atoms. The maximum atomic E-state index is 13.1. The first-order valence-electron chi connectivity index (χ1n) is 4.79. The summed E-state index contributed by atoms with van der Waals surface area (Å²) in [7, 11) is 1.86. The van der Waals surface area contributed by atoms with Gasteiger partial charge in [0.2, 0.25) is 0 Å². The normalized spacial score (nSPS) is 10.7. The molecule has 0 radical (unpaired) electrons. The van der Waals surface area contributed by atoms with Crippen LogP contribution in [0.2, 0.25) is 0 Å². The fraction of sp³-hybridized carbons (Fsp3) is 0.182. The molecule has 84 valence electrons. The number of aryl methyl sites for hydroxylation is 2. The van der Waals surface area contributed by atoms with Crippen LogP contribution in [0.4, 0.5) is 10.1 Å². The molecule has 0 unspecified atom stereocenters. The van der Waals surface area contributed by atoms with E-state index < -0.39 is 0 Å². The Kier molecular flexibility index (Phi) is 2.87. The van der Waals surface area contributed by atoms with Crippen molar-refractivity contribution in [2.24, 2.45) is 7.05 Å². The van der Waals surface area contributed by atoms with E-state index in [4.69, 9.17) is 5.73 Å². The Morgan fingerprint density at radius 2 is 2.06 bits per heavy atom. The smallest absolute Gasteiger partial charge is 0.126 e. The first-order chi connectivity index (χ1) is 7.54. The summed E-state index contributed by atoms with van der Waals surface area (Å²) in [6, 6.07) is 6.46. The molecule has 0 aliphatic carbocycles. The van der Waals surface area contributed by atoms with E-state index in [1.807, 2.05) is 20.0 Å². The second-order valence-electron chi connectivity index (χ2n) is 3.57. The largest absolute Gasteiger partial charge is 0.399 e. The van der Waals surface area contributed by atoms with Crippen molar-refractivity contribution in [3.63, 3.8) is 0 Å². The summed E-state index contributed by atoms with van der Waals surface area (Å²) in [5.41, 5.74) is 6.95. The Labute approximate surface area is 97.5 Å². The number of anilines is 1. The number of nitrogens with zero attached hydrogens (tertiary/aromatic N) is 2. The van der Waals surface area contributed by atoms with Crippen molar-refractivity contribution in [1.82, 2.24) is 9.78 Å². The van der Waals surface area contributed by atoms with Gasteiger partial charge in [-0.15, -0.1) is 0 Å². The van der Waals surface area contributed by atoms with Crippen LogP contribution in [0.3, 0.4) is 0 Å². The van der Waals surface area contributed by atoms with Crippen molar-refractivity contribution >= 4 is 17.4 Å². The van der Waals surface area contributed by atoms with E-state index in [1.165, 1.54) is 23.9 Å². The molecule has 0 saturated heterocycles. The van der Waals surface area contributed by atoms with Crippen LogP contribution < -0.4 is 5.73 Å². The summed E-state index contributed by atoms with van der Waals surface area (Å²) in [6.07, 6.45) is 0. The fourth-order valence-corrected chi connectivity index (χ4v) is 2.46. The SMILES string of the molecule is Cc1cc(Sc2cc(N)cc(F)c2)n(C)n1. The Morgan fingerprint density at radius 3 is 2.62 bits per heavy atom. The van der Waals surface area contributed by atoms with E-state index in [0.29, 0.717) is 5.69 Å². The van der Waals surface area contributed by atoms with E-state index in [9.17, 15) is 4.39 Å². The third-order valence-electron chi connectivity index (χ3n) is 2.08. The van der Waals surface area contributed by atoms with Gasteiger partial charge in [-0.25, -0.2) is 4.39 Å². The molecule has 0 aliphatic rings. The molecule has 0 amide bonds. The first-order valence-corrected chi connectivity index (χ1v) is 5.61. The lowest BCUT2D eigenvalue weighted by atomic mass is 10.3. The molecule has 1 aromatic heterocycles. The van der Waals surface area contributed by atoms with Crippen molar-refractivity contribution in [1.29, 1.82) is 0 Å². The van der Waals surface area contributed by atoms with Crippen LogP contribution in [0, 0.1) is 12.7 Å². The number of nitrogen functional groups attached to an aromatic ring is 1. The zero-order chi connectivity index (χ0) is 11.7. The summed E-state index contributed by atoms with van der Waals surface area (Å²) in [5.74, 6) is -0.318. The Morgan fingerprint density at radius 1 is 1.31 bits per heavy atom. The summed E-state index contributed by atoms with van der Waals surface area (Å²) in [6.45, 7) is 1.92. The molecule has 0 aliphatic heterocycles. The topological polar surface area (TPSA) is 43.8 Å². The van der Waals surface area contributed by atoms with Gasteiger partial charge in [0.25, 0.3) is 0 Å². The van der Waals surface area contributed by atoms with Crippen LogP contribution in [0.1, 0.15) is 5.69 Å². The third kappa shape index (κ3) is 2.36. The molecule has 1 aromatic carbocycles. The van der Waals surface area contributed by atoms with E-state index >= 15 is 0 Å². The molecule has 1 heterocycles. The molecule has 0 fully saturated rings. The highest BCUT2D eigenvalue weighted by atomic mass is 32.2. The summed E-state index contributed by atoms with van der Waals surface area (Å²) >= 11 is 1.44. The van der Waals surface area contributed by atoms with Gasteiger partial charge in [-0.3, -0.25) is 4.68 Å². The van der Waals surface area contributed by atoms with Crippen molar-refractivity contribution < 1.29 is 4.39 Å². The maximum Gasteiger partial charge on any atom is 0.126 e. The van der Waals surface area contributed by atoms with Gasteiger partial charge >= 0.3 is 0 Å². The molecule has 0 atom stereocenters. The first kappa shape index (κ1) is 11.0. The Hall–Kier alpha value is -1.49. The van der Waals surface area contributed by atoms with Crippen LogP contribution in [0.5, 0.6) is 0 Å². The molecule has 5 heteroatoms. The van der Waals surface area contributed by atoms with Gasteiger partial charge in [-0.1, -0.05) is 11.8 Å². The van der Waals surface area contributed by atoms with Crippen LogP contribution in [-0.4, -0.2) is 9.78 Å². The van der Waals surface area contributed by atoms with E-state index in [-0.39, 0.29) is 5.82 Å². The predicted molar refractivity (Wildman–Crippen MR) is 62.9 cm³/mol. The van der Waals surface area contributed by atoms with Crippen molar-refractivity contribution in [3.8, 4) is 0 Å². The molecule has 16 heavy (non-hydrogen) atoms. The minimum atomic E-state index is -0.318. The molecular formula is C11H12FN3S.